The highest BCUT2D eigenvalue weighted by atomic mass is 16.5. The highest BCUT2D eigenvalue weighted by Gasteiger charge is 2.17. The number of carbonyl (C=O) groups is 1. The van der Waals surface area contributed by atoms with Crippen LogP contribution in [0.1, 0.15) is 34.2 Å². The van der Waals surface area contributed by atoms with Crippen LogP contribution >= 0.6 is 0 Å². The molecule has 2 aromatic carbocycles. The number of aromatic nitrogens is 3. The number of nitrogens with one attached hydrogen (secondary N) is 2. The number of aromatic amines is 1. The van der Waals surface area contributed by atoms with Crippen LogP contribution in [0.2, 0.25) is 0 Å². The molecule has 2 N–H and O–H groups in total. The van der Waals surface area contributed by atoms with Crippen molar-refractivity contribution >= 4 is 29.2 Å². The number of carbonyl (C=O) groups excluding carboxylic acids is 1. The van der Waals surface area contributed by atoms with E-state index < -0.39 is 0 Å². The van der Waals surface area contributed by atoms with Crippen molar-refractivity contribution in [1.82, 2.24) is 14.5 Å². The molecule has 0 aliphatic carbocycles. The van der Waals surface area contributed by atoms with Crippen LogP contribution in [0.4, 0.5) is 5.95 Å². The summed E-state index contributed by atoms with van der Waals surface area (Å²) in [4.78, 5) is 20.0. The third-order valence-electron chi connectivity index (χ3n) is 4.87. The number of benzene rings is 2. The van der Waals surface area contributed by atoms with Gasteiger partial charge in [-0.05, 0) is 51.1 Å². The molecule has 0 unspecified atom stereocenters. The third kappa shape index (κ3) is 3.69. The number of hydrazone groups is 1. The smallest absolute Gasteiger partial charge is 0.340 e. The topological polar surface area (TPSA) is 84.3 Å². The normalized spacial score (nSPS) is 11.3. The summed E-state index contributed by atoms with van der Waals surface area (Å²) in [6, 6.07) is 17.3. The monoisotopic (exact) mass is 401 g/mol. The number of para-hydroxylation sites is 3. The third-order valence-corrected chi connectivity index (χ3v) is 4.87. The van der Waals surface area contributed by atoms with Crippen molar-refractivity contribution < 1.29 is 9.53 Å². The Morgan fingerprint density at radius 2 is 1.97 bits per heavy atom. The van der Waals surface area contributed by atoms with E-state index in [1.807, 2.05) is 66.9 Å². The SMILES string of the molecule is CCOC(=O)c1ccccc1-n1c(C)cc(/C=N\Nc2nc3ccccc3[nH]2)c1C. The van der Waals surface area contributed by atoms with Crippen molar-refractivity contribution in [3.63, 3.8) is 0 Å². The summed E-state index contributed by atoms with van der Waals surface area (Å²) >= 11 is 0. The summed E-state index contributed by atoms with van der Waals surface area (Å²) in [6.07, 6.45) is 1.75. The standard InChI is InChI=1S/C23H23N5O2/c1-4-30-22(29)18-9-5-8-12-21(18)28-15(2)13-17(16(28)3)14-24-27-23-25-19-10-6-7-11-20(19)26-23/h5-14H,4H2,1-3H3,(H2,25,26,27)/b24-14-. The van der Waals surface area contributed by atoms with Gasteiger partial charge in [-0.3, -0.25) is 0 Å². The number of imidazole rings is 1. The van der Waals surface area contributed by atoms with E-state index in [4.69, 9.17) is 4.74 Å². The number of H-pyrrole nitrogens is 1. The predicted molar refractivity (Wildman–Crippen MR) is 119 cm³/mol. The Hall–Kier alpha value is -3.87. The van der Waals surface area contributed by atoms with Crippen molar-refractivity contribution in [2.24, 2.45) is 5.10 Å². The molecule has 0 saturated heterocycles. The van der Waals surface area contributed by atoms with Crippen LogP contribution in [-0.4, -0.2) is 33.3 Å². The zero-order valence-electron chi connectivity index (χ0n) is 17.1. The first-order valence-corrected chi connectivity index (χ1v) is 9.77. The van der Waals surface area contributed by atoms with Gasteiger partial charge >= 0.3 is 5.97 Å². The molecule has 0 aliphatic rings. The van der Waals surface area contributed by atoms with Gasteiger partial charge in [-0.2, -0.15) is 5.10 Å². The molecule has 0 fully saturated rings. The number of rotatable bonds is 6. The lowest BCUT2D eigenvalue weighted by atomic mass is 10.1. The lowest BCUT2D eigenvalue weighted by Crippen LogP contribution is -2.11. The second-order valence-electron chi connectivity index (χ2n) is 6.87. The number of anilines is 1. The van der Waals surface area contributed by atoms with Crippen molar-refractivity contribution in [2.45, 2.75) is 20.8 Å². The van der Waals surface area contributed by atoms with E-state index in [9.17, 15) is 4.79 Å². The van der Waals surface area contributed by atoms with E-state index in [1.165, 1.54) is 0 Å². The molecule has 30 heavy (non-hydrogen) atoms. The number of fused-ring (bicyclic) bond motifs is 1. The molecule has 2 aromatic heterocycles. The van der Waals surface area contributed by atoms with Crippen molar-refractivity contribution in [3.05, 3.63) is 77.1 Å². The van der Waals surface area contributed by atoms with E-state index >= 15 is 0 Å². The van der Waals surface area contributed by atoms with Gasteiger partial charge in [0.05, 0.1) is 35.1 Å². The second-order valence-corrected chi connectivity index (χ2v) is 6.87. The minimum Gasteiger partial charge on any atom is -0.462 e. The summed E-state index contributed by atoms with van der Waals surface area (Å²) in [6.45, 7) is 6.13. The van der Waals surface area contributed by atoms with Crippen LogP contribution in [0.3, 0.4) is 0 Å². The number of ether oxygens (including phenoxy) is 1. The zero-order chi connectivity index (χ0) is 21.1. The average Bonchev–Trinajstić information content (AvgIpc) is 3.28. The Morgan fingerprint density at radius 3 is 2.77 bits per heavy atom. The Morgan fingerprint density at radius 1 is 1.20 bits per heavy atom. The van der Waals surface area contributed by atoms with Gasteiger partial charge in [-0.15, -0.1) is 0 Å². The van der Waals surface area contributed by atoms with Gasteiger partial charge in [0.15, 0.2) is 0 Å². The molecule has 152 valence electrons. The minimum atomic E-state index is -0.331. The Labute approximate surface area is 174 Å². The van der Waals surface area contributed by atoms with E-state index in [-0.39, 0.29) is 5.97 Å². The number of hydrogen-bond acceptors (Lipinski definition) is 5. The Balaban J connectivity index is 1.61. The Bertz CT molecular complexity index is 1200. The van der Waals surface area contributed by atoms with Gasteiger partial charge in [-0.1, -0.05) is 24.3 Å². The van der Waals surface area contributed by atoms with Gasteiger partial charge in [0.25, 0.3) is 0 Å². The summed E-state index contributed by atoms with van der Waals surface area (Å²) < 4.78 is 7.25. The van der Waals surface area contributed by atoms with E-state index in [0.29, 0.717) is 18.1 Å². The lowest BCUT2D eigenvalue weighted by molar-refractivity contribution is 0.0526. The molecule has 0 aliphatic heterocycles. The second kappa shape index (κ2) is 8.24. The van der Waals surface area contributed by atoms with Crippen molar-refractivity contribution in [2.75, 3.05) is 12.0 Å². The number of aryl methyl sites for hydroxylation is 1. The molecular weight excluding hydrogens is 378 g/mol. The van der Waals surface area contributed by atoms with Gasteiger partial charge in [0.1, 0.15) is 0 Å². The van der Waals surface area contributed by atoms with Crippen LogP contribution in [0.15, 0.2) is 59.7 Å². The molecule has 0 spiro atoms. The lowest BCUT2D eigenvalue weighted by Gasteiger charge is -2.14. The predicted octanol–water partition coefficient (Wildman–Crippen LogP) is 4.59. The highest BCUT2D eigenvalue weighted by Crippen LogP contribution is 2.23. The van der Waals surface area contributed by atoms with Gasteiger partial charge in [0.2, 0.25) is 5.95 Å². The molecule has 0 amide bonds. The fraction of sp³-hybridized carbons (Fsp3) is 0.174. The first-order valence-electron chi connectivity index (χ1n) is 9.77. The van der Waals surface area contributed by atoms with Crippen molar-refractivity contribution in [1.29, 1.82) is 0 Å². The highest BCUT2D eigenvalue weighted by molar-refractivity contribution is 5.94. The van der Waals surface area contributed by atoms with Crippen molar-refractivity contribution in [3.8, 4) is 5.69 Å². The molecular formula is C23H23N5O2. The summed E-state index contributed by atoms with van der Waals surface area (Å²) in [5.41, 5.74) is 9.00. The van der Waals surface area contributed by atoms with Gasteiger partial charge in [-0.25, -0.2) is 15.2 Å². The molecule has 0 atom stereocenters. The van der Waals surface area contributed by atoms with Gasteiger partial charge in [0, 0.05) is 17.0 Å². The molecule has 0 bridgehead atoms. The minimum absolute atomic E-state index is 0.331. The van der Waals surface area contributed by atoms with Crippen LogP contribution in [0, 0.1) is 13.8 Å². The Kier molecular flexibility index (Phi) is 5.34. The summed E-state index contributed by atoms with van der Waals surface area (Å²) in [5.74, 6) is 0.247. The van der Waals surface area contributed by atoms with E-state index in [1.54, 1.807) is 19.2 Å². The molecule has 0 saturated carbocycles. The quantitative estimate of drug-likeness (QED) is 0.281. The zero-order valence-corrected chi connectivity index (χ0v) is 17.1. The number of esters is 1. The molecule has 4 aromatic rings. The largest absolute Gasteiger partial charge is 0.462 e. The number of nitrogens with zero attached hydrogens (tertiary/aromatic N) is 3. The fourth-order valence-corrected chi connectivity index (χ4v) is 3.51. The van der Waals surface area contributed by atoms with E-state index in [2.05, 4.69) is 20.5 Å². The van der Waals surface area contributed by atoms with Crippen LogP contribution in [0.5, 0.6) is 0 Å². The first-order chi connectivity index (χ1) is 14.6. The van der Waals surface area contributed by atoms with Crippen LogP contribution in [0.25, 0.3) is 16.7 Å². The molecule has 7 nitrogen and oxygen atoms in total. The van der Waals surface area contributed by atoms with E-state index in [0.717, 1.165) is 33.7 Å². The fourth-order valence-electron chi connectivity index (χ4n) is 3.51. The molecule has 4 rings (SSSR count). The molecule has 7 heteroatoms. The summed E-state index contributed by atoms with van der Waals surface area (Å²) in [5, 5.41) is 4.33. The first kappa shape index (κ1) is 19.4. The maximum absolute atomic E-state index is 12.4. The van der Waals surface area contributed by atoms with Crippen LogP contribution < -0.4 is 5.43 Å². The maximum atomic E-state index is 12.4. The maximum Gasteiger partial charge on any atom is 0.340 e. The molecule has 2 heterocycles. The summed E-state index contributed by atoms with van der Waals surface area (Å²) in [7, 11) is 0. The molecule has 0 radical (unpaired) electrons. The van der Waals surface area contributed by atoms with Gasteiger partial charge < -0.3 is 14.3 Å². The van der Waals surface area contributed by atoms with Crippen LogP contribution in [-0.2, 0) is 4.74 Å². The number of hydrogen-bond donors (Lipinski definition) is 2. The average molecular weight is 401 g/mol.